The Labute approximate surface area is 105 Å². The van der Waals surface area contributed by atoms with Crippen LogP contribution in [0.15, 0.2) is 47.3 Å². The van der Waals surface area contributed by atoms with Gasteiger partial charge in [-0.05, 0) is 23.8 Å². The lowest BCUT2D eigenvalue weighted by atomic mass is 10.1. The van der Waals surface area contributed by atoms with Gasteiger partial charge in [0, 0.05) is 25.5 Å². The first kappa shape index (κ1) is 12.3. The molecule has 0 aliphatic heterocycles. The van der Waals surface area contributed by atoms with E-state index in [0.717, 1.165) is 5.56 Å². The fourth-order valence-corrected chi connectivity index (χ4v) is 1.66. The average Bonchev–Trinajstić information content (AvgIpc) is 2.92. The first-order chi connectivity index (χ1) is 8.81. The Morgan fingerprint density at radius 3 is 2.94 bits per heavy atom. The molecule has 1 amide bonds. The highest BCUT2D eigenvalue weighted by Crippen LogP contribution is 2.15. The van der Waals surface area contributed by atoms with Gasteiger partial charge in [0.05, 0.1) is 6.26 Å². The Hall–Kier alpha value is -2.14. The highest BCUT2D eigenvalue weighted by molar-refractivity contribution is 5.83. The Morgan fingerprint density at radius 1 is 1.44 bits per heavy atom. The summed E-state index contributed by atoms with van der Waals surface area (Å²) in [7, 11) is 0. The zero-order valence-corrected chi connectivity index (χ0v) is 9.87. The van der Waals surface area contributed by atoms with Gasteiger partial charge in [-0.2, -0.15) is 0 Å². The second kappa shape index (κ2) is 5.97. The second-order valence-corrected chi connectivity index (χ2v) is 3.88. The zero-order valence-electron chi connectivity index (χ0n) is 9.87. The lowest BCUT2D eigenvalue weighted by Gasteiger charge is -2.12. The van der Waals surface area contributed by atoms with Crippen molar-refractivity contribution in [3.63, 3.8) is 0 Å². The van der Waals surface area contributed by atoms with Crippen LogP contribution in [-0.2, 0) is 11.3 Å². The summed E-state index contributed by atoms with van der Waals surface area (Å²) >= 11 is 0. The lowest BCUT2D eigenvalue weighted by Crippen LogP contribution is -2.32. The smallest absolute Gasteiger partial charge is 0.232 e. The third-order valence-corrected chi connectivity index (χ3v) is 2.63. The van der Waals surface area contributed by atoms with Crippen molar-refractivity contribution in [3.8, 4) is 0 Å². The van der Waals surface area contributed by atoms with Crippen molar-refractivity contribution in [2.75, 3.05) is 6.54 Å². The molecule has 0 aliphatic rings. The van der Waals surface area contributed by atoms with Crippen LogP contribution in [0.4, 0.5) is 0 Å². The van der Waals surface area contributed by atoms with Crippen molar-refractivity contribution < 1.29 is 9.21 Å². The van der Waals surface area contributed by atoms with Crippen molar-refractivity contribution in [3.05, 3.63) is 54.2 Å². The summed E-state index contributed by atoms with van der Waals surface area (Å²) in [5, 5.41) is 2.82. The molecule has 0 saturated heterocycles. The van der Waals surface area contributed by atoms with Crippen LogP contribution < -0.4 is 11.1 Å². The van der Waals surface area contributed by atoms with Gasteiger partial charge in [-0.15, -0.1) is 0 Å². The van der Waals surface area contributed by atoms with Gasteiger partial charge in [0.15, 0.2) is 0 Å². The number of pyridine rings is 1. The van der Waals surface area contributed by atoms with Gasteiger partial charge >= 0.3 is 0 Å². The molecule has 0 aliphatic carbocycles. The van der Waals surface area contributed by atoms with E-state index in [9.17, 15) is 4.79 Å². The number of amides is 1. The number of nitrogens with zero attached hydrogens (tertiary/aromatic N) is 1. The number of nitrogens with two attached hydrogens (primary N) is 1. The predicted octanol–water partition coefficient (Wildman–Crippen LogP) is 1.03. The summed E-state index contributed by atoms with van der Waals surface area (Å²) in [4.78, 5) is 16.0. The molecular weight excluding hydrogens is 230 g/mol. The normalized spacial score (nSPS) is 12.1. The molecule has 0 saturated carbocycles. The maximum Gasteiger partial charge on any atom is 0.232 e. The SMILES string of the molecule is NC[C@@H](C(=O)NCc1cccnc1)c1ccco1. The third-order valence-electron chi connectivity index (χ3n) is 2.63. The monoisotopic (exact) mass is 245 g/mol. The van der Waals surface area contributed by atoms with Crippen molar-refractivity contribution in [2.24, 2.45) is 5.73 Å². The van der Waals surface area contributed by atoms with Crippen LogP contribution in [0, 0.1) is 0 Å². The van der Waals surface area contributed by atoms with Crippen LogP contribution >= 0.6 is 0 Å². The van der Waals surface area contributed by atoms with Crippen LogP contribution in [0.25, 0.3) is 0 Å². The number of hydrogen-bond donors (Lipinski definition) is 2. The molecule has 2 aromatic heterocycles. The number of rotatable bonds is 5. The molecule has 0 aromatic carbocycles. The van der Waals surface area contributed by atoms with Gasteiger partial charge in [-0.3, -0.25) is 9.78 Å². The standard InChI is InChI=1S/C13H15N3O2/c14-7-11(12-4-2-6-18-12)13(17)16-9-10-3-1-5-15-8-10/h1-6,8,11H,7,9,14H2,(H,16,17)/t11-/m1/s1. The van der Waals surface area contributed by atoms with E-state index < -0.39 is 5.92 Å². The van der Waals surface area contributed by atoms with E-state index in [-0.39, 0.29) is 12.5 Å². The van der Waals surface area contributed by atoms with Crippen LogP contribution in [0.5, 0.6) is 0 Å². The van der Waals surface area contributed by atoms with E-state index in [0.29, 0.717) is 12.3 Å². The van der Waals surface area contributed by atoms with Gasteiger partial charge in [-0.1, -0.05) is 6.07 Å². The number of carbonyl (C=O) groups excluding carboxylic acids is 1. The Morgan fingerprint density at radius 2 is 2.33 bits per heavy atom. The van der Waals surface area contributed by atoms with Crippen LogP contribution in [0.1, 0.15) is 17.2 Å². The fraction of sp³-hybridized carbons (Fsp3) is 0.231. The Balaban J connectivity index is 1.95. The molecule has 0 radical (unpaired) electrons. The molecule has 2 heterocycles. The molecule has 0 unspecified atom stereocenters. The Bertz CT molecular complexity index is 482. The minimum Gasteiger partial charge on any atom is -0.468 e. The Kier molecular flexibility index (Phi) is 4.09. The van der Waals surface area contributed by atoms with Gasteiger partial charge in [-0.25, -0.2) is 0 Å². The minimum absolute atomic E-state index is 0.142. The first-order valence-corrected chi connectivity index (χ1v) is 5.71. The highest BCUT2D eigenvalue weighted by Gasteiger charge is 2.21. The van der Waals surface area contributed by atoms with E-state index >= 15 is 0 Å². The second-order valence-electron chi connectivity index (χ2n) is 3.88. The maximum absolute atomic E-state index is 12.0. The molecular formula is C13H15N3O2. The van der Waals surface area contributed by atoms with E-state index in [1.807, 2.05) is 12.1 Å². The van der Waals surface area contributed by atoms with E-state index in [4.69, 9.17) is 10.2 Å². The molecule has 0 bridgehead atoms. The summed E-state index contributed by atoms with van der Waals surface area (Å²) in [6.45, 7) is 0.649. The zero-order chi connectivity index (χ0) is 12.8. The fourth-order valence-electron chi connectivity index (χ4n) is 1.66. The molecule has 5 nitrogen and oxygen atoms in total. The number of furan rings is 1. The highest BCUT2D eigenvalue weighted by atomic mass is 16.3. The maximum atomic E-state index is 12.0. The molecule has 0 fully saturated rings. The summed E-state index contributed by atoms with van der Waals surface area (Å²) in [5.74, 6) is -0.00541. The summed E-state index contributed by atoms with van der Waals surface area (Å²) in [6.07, 6.45) is 4.94. The van der Waals surface area contributed by atoms with Gasteiger partial charge in [0.2, 0.25) is 5.91 Å². The van der Waals surface area contributed by atoms with E-state index in [1.165, 1.54) is 6.26 Å². The summed E-state index contributed by atoms with van der Waals surface area (Å²) in [6, 6.07) is 7.22. The molecule has 1 atom stereocenters. The quantitative estimate of drug-likeness (QED) is 0.824. The van der Waals surface area contributed by atoms with E-state index in [2.05, 4.69) is 10.3 Å². The average molecular weight is 245 g/mol. The largest absolute Gasteiger partial charge is 0.468 e. The lowest BCUT2D eigenvalue weighted by molar-refractivity contribution is -0.122. The molecule has 2 aromatic rings. The molecule has 94 valence electrons. The van der Waals surface area contributed by atoms with E-state index in [1.54, 1.807) is 24.5 Å². The van der Waals surface area contributed by atoms with Crippen LogP contribution in [0.2, 0.25) is 0 Å². The van der Waals surface area contributed by atoms with Crippen molar-refractivity contribution in [1.29, 1.82) is 0 Å². The number of aromatic nitrogens is 1. The molecule has 5 heteroatoms. The summed E-state index contributed by atoms with van der Waals surface area (Å²) in [5.41, 5.74) is 6.55. The molecule has 3 N–H and O–H groups in total. The van der Waals surface area contributed by atoms with Crippen LogP contribution in [-0.4, -0.2) is 17.4 Å². The number of nitrogens with one attached hydrogen (secondary N) is 1. The summed E-state index contributed by atoms with van der Waals surface area (Å²) < 4.78 is 5.21. The third kappa shape index (κ3) is 2.95. The molecule has 2 rings (SSSR count). The molecule has 0 spiro atoms. The first-order valence-electron chi connectivity index (χ1n) is 5.71. The van der Waals surface area contributed by atoms with Crippen molar-refractivity contribution in [2.45, 2.75) is 12.5 Å². The minimum atomic E-state index is -0.448. The number of hydrogen-bond acceptors (Lipinski definition) is 4. The predicted molar refractivity (Wildman–Crippen MR) is 66.6 cm³/mol. The van der Waals surface area contributed by atoms with Gasteiger partial charge in [0.25, 0.3) is 0 Å². The molecule has 18 heavy (non-hydrogen) atoms. The van der Waals surface area contributed by atoms with Gasteiger partial charge in [0.1, 0.15) is 11.7 Å². The number of carbonyl (C=O) groups is 1. The van der Waals surface area contributed by atoms with Gasteiger partial charge < -0.3 is 15.5 Å². The topological polar surface area (TPSA) is 81.2 Å². The van der Waals surface area contributed by atoms with Crippen LogP contribution in [0.3, 0.4) is 0 Å². The van der Waals surface area contributed by atoms with Crippen molar-refractivity contribution >= 4 is 5.91 Å². The van der Waals surface area contributed by atoms with Crippen molar-refractivity contribution in [1.82, 2.24) is 10.3 Å².